The van der Waals surface area contributed by atoms with E-state index in [1.165, 1.54) is 4.68 Å². The van der Waals surface area contributed by atoms with Crippen LogP contribution in [0.1, 0.15) is 12.8 Å². The molecule has 20 heavy (non-hydrogen) atoms. The summed E-state index contributed by atoms with van der Waals surface area (Å²) < 4.78 is 9.58. The summed E-state index contributed by atoms with van der Waals surface area (Å²) >= 11 is 3.43. The smallest absolute Gasteiger partial charge is 0.346 e. The van der Waals surface area contributed by atoms with Gasteiger partial charge in [0.25, 0.3) is 0 Å². The van der Waals surface area contributed by atoms with Gasteiger partial charge in [-0.3, -0.25) is 4.57 Å². The van der Waals surface area contributed by atoms with E-state index < -0.39 is 0 Å². The molecule has 1 heterocycles. The van der Waals surface area contributed by atoms with Crippen LogP contribution in [0.2, 0.25) is 0 Å². The third-order valence-electron chi connectivity index (χ3n) is 3.30. The van der Waals surface area contributed by atoms with Crippen molar-refractivity contribution in [3.05, 3.63) is 39.2 Å². The highest BCUT2D eigenvalue weighted by atomic mass is 79.9. The van der Waals surface area contributed by atoms with Crippen LogP contribution in [0.4, 0.5) is 0 Å². The predicted molar refractivity (Wildman–Crippen MR) is 79.6 cm³/mol. The topological polar surface area (TPSA) is 49.0 Å². The molecular formula is C14H16BrN3O2. The van der Waals surface area contributed by atoms with E-state index >= 15 is 0 Å². The molecule has 0 unspecified atom stereocenters. The fourth-order valence-electron chi connectivity index (χ4n) is 2.05. The van der Waals surface area contributed by atoms with Crippen LogP contribution >= 0.6 is 15.9 Å². The molecule has 0 saturated heterocycles. The van der Waals surface area contributed by atoms with Gasteiger partial charge in [-0.2, -0.15) is 0 Å². The average Bonchev–Trinajstić information content (AvgIpc) is 3.20. The fourth-order valence-corrected chi connectivity index (χ4v) is 2.45. The SMILES string of the molecule is Cn1c(-c2cccc(Br)c2)nn(CCOC2CC2)c1=O. The Morgan fingerprint density at radius 3 is 2.95 bits per heavy atom. The molecule has 5 nitrogen and oxygen atoms in total. The summed E-state index contributed by atoms with van der Waals surface area (Å²) in [6.07, 6.45) is 2.68. The molecule has 6 heteroatoms. The summed E-state index contributed by atoms with van der Waals surface area (Å²) in [4.78, 5) is 12.1. The maximum Gasteiger partial charge on any atom is 0.346 e. The van der Waals surface area contributed by atoms with Crippen LogP contribution in [0.3, 0.4) is 0 Å². The van der Waals surface area contributed by atoms with Gasteiger partial charge < -0.3 is 4.74 Å². The maximum absolute atomic E-state index is 12.1. The van der Waals surface area contributed by atoms with Crippen LogP contribution in [0.25, 0.3) is 11.4 Å². The van der Waals surface area contributed by atoms with Crippen LogP contribution in [0.15, 0.2) is 33.5 Å². The largest absolute Gasteiger partial charge is 0.376 e. The molecule has 0 atom stereocenters. The number of aromatic nitrogens is 3. The number of hydrogen-bond acceptors (Lipinski definition) is 3. The second kappa shape index (κ2) is 5.54. The van der Waals surface area contributed by atoms with Gasteiger partial charge in [-0.15, -0.1) is 5.10 Å². The summed E-state index contributed by atoms with van der Waals surface area (Å²) in [6.45, 7) is 1.04. The molecule has 1 aliphatic rings. The molecule has 106 valence electrons. The van der Waals surface area contributed by atoms with E-state index in [9.17, 15) is 4.79 Å². The summed E-state index contributed by atoms with van der Waals surface area (Å²) in [5.74, 6) is 0.669. The molecule has 0 spiro atoms. The lowest BCUT2D eigenvalue weighted by atomic mass is 10.2. The molecule has 0 bridgehead atoms. The molecule has 1 aromatic heterocycles. The minimum absolute atomic E-state index is 0.112. The van der Waals surface area contributed by atoms with Gasteiger partial charge in [0.15, 0.2) is 5.82 Å². The summed E-state index contributed by atoms with van der Waals surface area (Å²) in [5.41, 5.74) is 0.806. The molecule has 3 rings (SSSR count). The maximum atomic E-state index is 12.1. The normalized spacial score (nSPS) is 14.7. The number of ether oxygens (including phenoxy) is 1. The van der Waals surface area contributed by atoms with Gasteiger partial charge in [0.1, 0.15) is 0 Å². The Morgan fingerprint density at radius 1 is 1.45 bits per heavy atom. The predicted octanol–water partition coefficient (Wildman–Crippen LogP) is 2.19. The van der Waals surface area contributed by atoms with Gasteiger partial charge in [-0.25, -0.2) is 9.48 Å². The van der Waals surface area contributed by atoms with E-state index in [1.807, 2.05) is 24.3 Å². The zero-order valence-corrected chi connectivity index (χ0v) is 12.8. The van der Waals surface area contributed by atoms with Crippen LogP contribution in [0, 0.1) is 0 Å². The molecule has 1 fully saturated rings. The fraction of sp³-hybridized carbons (Fsp3) is 0.429. The van der Waals surface area contributed by atoms with Crippen molar-refractivity contribution in [3.63, 3.8) is 0 Å². The zero-order valence-electron chi connectivity index (χ0n) is 11.3. The second-order valence-corrected chi connectivity index (χ2v) is 5.88. The van der Waals surface area contributed by atoms with Crippen molar-refractivity contribution >= 4 is 15.9 Å². The Hall–Kier alpha value is -1.40. The standard InChI is InChI=1S/C14H16BrN3O2/c1-17-13(10-3-2-4-11(15)9-10)16-18(14(17)19)7-8-20-12-5-6-12/h2-4,9,12H,5-8H2,1H3. The van der Waals surface area contributed by atoms with Crippen molar-refractivity contribution in [1.82, 2.24) is 14.3 Å². The highest BCUT2D eigenvalue weighted by molar-refractivity contribution is 9.10. The van der Waals surface area contributed by atoms with Gasteiger partial charge >= 0.3 is 5.69 Å². The van der Waals surface area contributed by atoms with Crippen LogP contribution < -0.4 is 5.69 Å². The molecule has 1 aromatic carbocycles. The molecule has 1 saturated carbocycles. The van der Waals surface area contributed by atoms with E-state index in [-0.39, 0.29) is 5.69 Å². The van der Waals surface area contributed by atoms with Gasteiger partial charge in [0, 0.05) is 17.1 Å². The molecule has 0 amide bonds. The highest BCUT2D eigenvalue weighted by Crippen LogP contribution is 2.23. The molecule has 0 radical (unpaired) electrons. The number of benzene rings is 1. The van der Waals surface area contributed by atoms with E-state index in [1.54, 1.807) is 11.6 Å². The minimum atomic E-state index is -0.112. The Labute approximate surface area is 125 Å². The first-order valence-corrected chi connectivity index (χ1v) is 7.46. The molecule has 0 N–H and O–H groups in total. The first-order chi connectivity index (χ1) is 9.65. The van der Waals surface area contributed by atoms with Gasteiger partial charge in [-0.05, 0) is 25.0 Å². The van der Waals surface area contributed by atoms with Crippen molar-refractivity contribution in [2.45, 2.75) is 25.5 Å². The quantitative estimate of drug-likeness (QED) is 0.840. The van der Waals surface area contributed by atoms with Crippen molar-refractivity contribution in [2.24, 2.45) is 7.05 Å². The monoisotopic (exact) mass is 337 g/mol. The zero-order chi connectivity index (χ0) is 14.1. The lowest BCUT2D eigenvalue weighted by Crippen LogP contribution is -2.25. The summed E-state index contributed by atoms with van der Waals surface area (Å²) in [6, 6.07) is 7.77. The van der Waals surface area contributed by atoms with Gasteiger partial charge in [-0.1, -0.05) is 28.1 Å². The molecule has 2 aromatic rings. The number of halogens is 1. The number of hydrogen-bond donors (Lipinski definition) is 0. The van der Waals surface area contributed by atoms with E-state index in [0.717, 1.165) is 22.9 Å². The lowest BCUT2D eigenvalue weighted by Gasteiger charge is -2.01. The Morgan fingerprint density at radius 2 is 2.25 bits per heavy atom. The molecule has 0 aliphatic heterocycles. The highest BCUT2D eigenvalue weighted by Gasteiger charge is 2.22. The van der Waals surface area contributed by atoms with E-state index in [0.29, 0.717) is 25.1 Å². The Balaban J connectivity index is 1.82. The van der Waals surface area contributed by atoms with Crippen LogP contribution in [0.5, 0.6) is 0 Å². The van der Waals surface area contributed by atoms with Gasteiger partial charge in [0.2, 0.25) is 0 Å². The lowest BCUT2D eigenvalue weighted by molar-refractivity contribution is 0.109. The van der Waals surface area contributed by atoms with Gasteiger partial charge in [0.05, 0.1) is 19.3 Å². The number of nitrogens with zero attached hydrogens (tertiary/aromatic N) is 3. The third-order valence-corrected chi connectivity index (χ3v) is 3.80. The van der Waals surface area contributed by atoms with Crippen molar-refractivity contribution in [2.75, 3.05) is 6.61 Å². The van der Waals surface area contributed by atoms with Crippen molar-refractivity contribution < 1.29 is 4.74 Å². The minimum Gasteiger partial charge on any atom is -0.376 e. The second-order valence-electron chi connectivity index (χ2n) is 4.97. The van der Waals surface area contributed by atoms with Crippen molar-refractivity contribution in [3.8, 4) is 11.4 Å². The average molecular weight is 338 g/mol. The van der Waals surface area contributed by atoms with Crippen molar-refractivity contribution in [1.29, 1.82) is 0 Å². The number of rotatable bonds is 5. The first kappa shape index (κ1) is 13.6. The van der Waals surface area contributed by atoms with E-state index in [4.69, 9.17) is 4.74 Å². The van der Waals surface area contributed by atoms with E-state index in [2.05, 4.69) is 21.0 Å². The summed E-state index contributed by atoms with van der Waals surface area (Å²) in [5, 5.41) is 4.40. The van der Waals surface area contributed by atoms with Crippen LogP contribution in [-0.2, 0) is 18.3 Å². The Bertz CT molecular complexity index is 673. The Kier molecular flexibility index (Phi) is 3.76. The summed E-state index contributed by atoms with van der Waals surface area (Å²) in [7, 11) is 1.74. The van der Waals surface area contributed by atoms with Crippen LogP contribution in [-0.4, -0.2) is 27.1 Å². The molecule has 1 aliphatic carbocycles. The third kappa shape index (κ3) is 2.86. The first-order valence-electron chi connectivity index (χ1n) is 6.66. The molecular weight excluding hydrogens is 322 g/mol.